The van der Waals surface area contributed by atoms with Crippen molar-refractivity contribution in [1.29, 1.82) is 0 Å². The number of ether oxygens (including phenoxy) is 1. The molecule has 24 heavy (non-hydrogen) atoms. The summed E-state index contributed by atoms with van der Waals surface area (Å²) in [7, 11) is 0. The normalized spacial score (nSPS) is 10.0. The highest BCUT2D eigenvalue weighted by molar-refractivity contribution is 5.33. The van der Waals surface area contributed by atoms with Crippen molar-refractivity contribution in [3.8, 4) is 5.75 Å². The Kier molecular flexibility index (Phi) is 7.27. The van der Waals surface area contributed by atoms with Crippen LogP contribution in [0.1, 0.15) is 16.7 Å². The number of halogens is 1. The highest BCUT2D eigenvalue weighted by Crippen LogP contribution is 2.19. The van der Waals surface area contributed by atoms with Crippen LogP contribution in [0.5, 0.6) is 5.75 Å². The first-order valence-corrected chi connectivity index (χ1v) is 7.76. The Morgan fingerprint density at radius 1 is 0.792 bits per heavy atom. The van der Waals surface area contributed by atoms with E-state index in [9.17, 15) is 0 Å². The third kappa shape index (κ3) is 5.37. The number of benzene rings is 2. The van der Waals surface area contributed by atoms with E-state index in [0.29, 0.717) is 6.61 Å². The van der Waals surface area contributed by atoms with Crippen molar-refractivity contribution in [2.45, 2.75) is 19.7 Å². The van der Waals surface area contributed by atoms with Gasteiger partial charge < -0.3 is 22.5 Å². The molecule has 3 nitrogen and oxygen atoms in total. The summed E-state index contributed by atoms with van der Waals surface area (Å²) in [6, 6.07) is 22.4. The van der Waals surface area contributed by atoms with Gasteiger partial charge in [-0.25, -0.2) is 0 Å². The summed E-state index contributed by atoms with van der Waals surface area (Å²) in [5.74, 6) is 0.926. The number of nitrogens with one attached hydrogen (secondary N) is 1. The number of hydrogen-bond acceptors (Lipinski definition) is 3. The number of aromatic nitrogens is 1. The van der Waals surface area contributed by atoms with Gasteiger partial charge in [-0.2, -0.15) is 0 Å². The molecule has 124 valence electrons. The predicted molar refractivity (Wildman–Crippen MR) is 92.0 cm³/mol. The summed E-state index contributed by atoms with van der Waals surface area (Å²) in [6.07, 6.45) is 3.67. The smallest absolute Gasteiger partial charge is 0.124 e. The molecule has 1 N–H and O–H groups in total. The van der Waals surface area contributed by atoms with Gasteiger partial charge in [0.05, 0.1) is 0 Å². The van der Waals surface area contributed by atoms with Crippen LogP contribution in [0.4, 0.5) is 0 Å². The summed E-state index contributed by atoms with van der Waals surface area (Å²) in [5, 5.41) is 3.44. The summed E-state index contributed by atoms with van der Waals surface area (Å²) in [6.45, 7) is 2.14. The van der Waals surface area contributed by atoms with Crippen molar-refractivity contribution >= 4 is 0 Å². The number of nitrogens with zero attached hydrogens (tertiary/aromatic N) is 1. The lowest BCUT2D eigenvalue weighted by atomic mass is 10.2. The number of pyridine rings is 1. The highest BCUT2D eigenvalue weighted by Gasteiger charge is 2.03. The number of rotatable bonds is 7. The molecular weight excluding hydrogens is 320 g/mol. The molecule has 1 aromatic heterocycles. The molecular formula is C20H20ClN2O-. The van der Waals surface area contributed by atoms with E-state index in [1.165, 1.54) is 11.1 Å². The monoisotopic (exact) mass is 339 g/mol. The lowest BCUT2D eigenvalue weighted by Crippen LogP contribution is -3.00. The lowest BCUT2D eigenvalue weighted by Gasteiger charge is -2.12. The number of para-hydroxylation sites is 1. The van der Waals surface area contributed by atoms with Gasteiger partial charge in [-0.05, 0) is 23.3 Å². The van der Waals surface area contributed by atoms with Gasteiger partial charge in [0.2, 0.25) is 0 Å². The Bertz CT molecular complexity index is 720. The maximum absolute atomic E-state index is 5.97. The van der Waals surface area contributed by atoms with E-state index < -0.39 is 0 Å². The van der Waals surface area contributed by atoms with Gasteiger partial charge in [-0.15, -0.1) is 0 Å². The summed E-state index contributed by atoms with van der Waals surface area (Å²) < 4.78 is 5.97. The molecule has 3 aromatic rings. The standard InChI is InChI=1S/C20H20N2O.ClH/c1-2-7-17(8-3-1)16-23-20-11-5-4-10-19(20)15-22-14-18-9-6-12-21-13-18;/h1-13,22H,14-16H2;1H/p-1. The minimum absolute atomic E-state index is 0. The molecule has 0 spiro atoms. The van der Waals surface area contributed by atoms with E-state index in [1.54, 1.807) is 6.20 Å². The van der Waals surface area contributed by atoms with Crippen molar-refractivity contribution < 1.29 is 17.1 Å². The molecule has 0 aliphatic carbocycles. The molecule has 0 unspecified atom stereocenters. The quantitative estimate of drug-likeness (QED) is 0.696. The fourth-order valence-electron chi connectivity index (χ4n) is 2.37. The Morgan fingerprint density at radius 3 is 2.33 bits per heavy atom. The summed E-state index contributed by atoms with van der Waals surface area (Å²) in [4.78, 5) is 4.13. The fourth-order valence-corrected chi connectivity index (χ4v) is 2.37. The van der Waals surface area contributed by atoms with Crippen LogP contribution >= 0.6 is 0 Å². The highest BCUT2D eigenvalue weighted by atomic mass is 35.5. The first-order chi connectivity index (χ1) is 11.4. The third-order valence-electron chi connectivity index (χ3n) is 3.58. The largest absolute Gasteiger partial charge is 1.00 e. The molecule has 0 aliphatic heterocycles. The van der Waals surface area contributed by atoms with Gasteiger partial charge >= 0.3 is 0 Å². The molecule has 0 bridgehead atoms. The minimum atomic E-state index is 0. The van der Waals surface area contributed by atoms with Crippen molar-refractivity contribution in [2.75, 3.05) is 0 Å². The molecule has 1 heterocycles. The van der Waals surface area contributed by atoms with Crippen molar-refractivity contribution in [2.24, 2.45) is 0 Å². The molecule has 0 amide bonds. The minimum Gasteiger partial charge on any atom is -1.00 e. The first kappa shape index (κ1) is 18.0. The van der Waals surface area contributed by atoms with Crippen LogP contribution in [0.2, 0.25) is 0 Å². The van der Waals surface area contributed by atoms with Crippen LogP contribution in [0, 0.1) is 0 Å². The maximum atomic E-state index is 5.97. The molecule has 0 atom stereocenters. The Labute approximate surface area is 149 Å². The van der Waals surface area contributed by atoms with E-state index >= 15 is 0 Å². The second-order valence-electron chi connectivity index (χ2n) is 5.35. The van der Waals surface area contributed by atoms with Crippen LogP contribution in [-0.4, -0.2) is 4.98 Å². The molecule has 0 radical (unpaired) electrons. The van der Waals surface area contributed by atoms with Crippen LogP contribution in [0.15, 0.2) is 79.1 Å². The van der Waals surface area contributed by atoms with Gasteiger partial charge in [0, 0.05) is 31.0 Å². The van der Waals surface area contributed by atoms with E-state index in [1.807, 2.05) is 48.7 Å². The maximum Gasteiger partial charge on any atom is 0.124 e. The van der Waals surface area contributed by atoms with E-state index in [-0.39, 0.29) is 12.4 Å². The Hall–Kier alpha value is -2.36. The van der Waals surface area contributed by atoms with Crippen LogP contribution in [0.25, 0.3) is 0 Å². The average Bonchev–Trinajstić information content (AvgIpc) is 2.63. The average molecular weight is 340 g/mol. The zero-order valence-corrected chi connectivity index (χ0v) is 14.1. The second-order valence-corrected chi connectivity index (χ2v) is 5.35. The van der Waals surface area contributed by atoms with Crippen molar-refractivity contribution in [3.05, 3.63) is 95.8 Å². The zero-order valence-electron chi connectivity index (χ0n) is 13.4. The van der Waals surface area contributed by atoms with Crippen LogP contribution < -0.4 is 22.5 Å². The van der Waals surface area contributed by atoms with Gasteiger partial charge in [-0.1, -0.05) is 54.6 Å². The van der Waals surface area contributed by atoms with Crippen LogP contribution in [-0.2, 0) is 19.7 Å². The van der Waals surface area contributed by atoms with Crippen LogP contribution in [0.3, 0.4) is 0 Å². The molecule has 2 aromatic carbocycles. The SMILES string of the molecule is [Cl-].c1ccc(COc2ccccc2CNCc2cccnc2)cc1. The Morgan fingerprint density at radius 2 is 1.54 bits per heavy atom. The van der Waals surface area contributed by atoms with Gasteiger partial charge in [0.25, 0.3) is 0 Å². The van der Waals surface area contributed by atoms with E-state index in [4.69, 9.17) is 4.74 Å². The molecule has 0 fully saturated rings. The van der Waals surface area contributed by atoms with Crippen molar-refractivity contribution in [3.63, 3.8) is 0 Å². The molecule has 0 saturated carbocycles. The fraction of sp³-hybridized carbons (Fsp3) is 0.150. The topological polar surface area (TPSA) is 34.1 Å². The molecule has 0 saturated heterocycles. The second kappa shape index (κ2) is 9.71. The Balaban J connectivity index is 0.00000208. The first-order valence-electron chi connectivity index (χ1n) is 7.76. The molecule has 4 heteroatoms. The number of hydrogen-bond donors (Lipinski definition) is 1. The van der Waals surface area contributed by atoms with E-state index in [0.717, 1.165) is 24.4 Å². The van der Waals surface area contributed by atoms with Gasteiger partial charge in [0.15, 0.2) is 0 Å². The van der Waals surface area contributed by atoms with Gasteiger partial charge in [0.1, 0.15) is 12.4 Å². The third-order valence-corrected chi connectivity index (χ3v) is 3.58. The van der Waals surface area contributed by atoms with E-state index in [2.05, 4.69) is 34.6 Å². The van der Waals surface area contributed by atoms with Gasteiger partial charge in [-0.3, -0.25) is 4.98 Å². The summed E-state index contributed by atoms with van der Waals surface area (Å²) in [5.41, 5.74) is 3.51. The molecule has 3 rings (SSSR count). The van der Waals surface area contributed by atoms with Crippen molar-refractivity contribution in [1.82, 2.24) is 10.3 Å². The molecule has 0 aliphatic rings. The summed E-state index contributed by atoms with van der Waals surface area (Å²) >= 11 is 0. The predicted octanol–water partition coefficient (Wildman–Crippen LogP) is 0.954. The lowest BCUT2D eigenvalue weighted by molar-refractivity contribution is -0.00000502. The zero-order chi connectivity index (χ0) is 15.7.